The molecule has 20 heavy (non-hydrogen) atoms. The fourth-order valence-electron chi connectivity index (χ4n) is 2.54. The molecule has 2 N–H and O–H groups in total. The van der Waals surface area contributed by atoms with Gasteiger partial charge in [0.25, 0.3) is 0 Å². The van der Waals surface area contributed by atoms with Gasteiger partial charge in [0, 0.05) is 11.1 Å². The standard InChI is InChI=1S/C18H17NO/c1-12-11-13(7-9-17(12)19)14-8-10-18(20-2)16-6-4-3-5-15(14)16/h3-11H,19H2,1-2H3. The predicted octanol–water partition coefficient (Wildman–Crippen LogP) is 4.41. The average molecular weight is 263 g/mol. The lowest BCUT2D eigenvalue weighted by Gasteiger charge is -2.12. The zero-order valence-corrected chi connectivity index (χ0v) is 11.7. The molecule has 0 aliphatic rings. The number of aryl methyl sites for hydroxylation is 1. The van der Waals surface area contributed by atoms with Crippen molar-refractivity contribution in [3.8, 4) is 16.9 Å². The molecule has 0 heterocycles. The lowest BCUT2D eigenvalue weighted by molar-refractivity contribution is 0.420. The van der Waals surface area contributed by atoms with Crippen molar-refractivity contribution in [1.29, 1.82) is 0 Å². The second-order valence-electron chi connectivity index (χ2n) is 4.93. The molecule has 3 aromatic rings. The molecule has 0 aliphatic heterocycles. The summed E-state index contributed by atoms with van der Waals surface area (Å²) in [6, 6.07) is 18.6. The Bertz CT molecular complexity index is 777. The van der Waals surface area contributed by atoms with E-state index in [0.717, 1.165) is 22.4 Å². The van der Waals surface area contributed by atoms with Crippen molar-refractivity contribution in [2.45, 2.75) is 6.92 Å². The number of ether oxygens (including phenoxy) is 1. The quantitative estimate of drug-likeness (QED) is 0.695. The summed E-state index contributed by atoms with van der Waals surface area (Å²) in [5, 5.41) is 2.32. The number of nitrogens with two attached hydrogens (primary N) is 1. The normalized spacial score (nSPS) is 10.7. The Morgan fingerprint density at radius 1 is 0.900 bits per heavy atom. The molecule has 0 spiro atoms. The third-order valence-corrected chi connectivity index (χ3v) is 3.68. The maximum atomic E-state index is 5.91. The Kier molecular flexibility index (Phi) is 3.07. The van der Waals surface area contributed by atoms with Gasteiger partial charge in [-0.15, -0.1) is 0 Å². The third-order valence-electron chi connectivity index (χ3n) is 3.68. The molecule has 0 radical (unpaired) electrons. The number of nitrogen functional groups attached to an aromatic ring is 1. The second kappa shape index (κ2) is 4.89. The first-order valence-electron chi connectivity index (χ1n) is 6.63. The van der Waals surface area contributed by atoms with Crippen LogP contribution in [0.3, 0.4) is 0 Å². The van der Waals surface area contributed by atoms with Crippen LogP contribution in [0.2, 0.25) is 0 Å². The summed E-state index contributed by atoms with van der Waals surface area (Å²) in [6.45, 7) is 2.03. The number of hydrogen-bond donors (Lipinski definition) is 1. The summed E-state index contributed by atoms with van der Waals surface area (Å²) in [7, 11) is 1.70. The first-order valence-corrected chi connectivity index (χ1v) is 6.63. The van der Waals surface area contributed by atoms with Gasteiger partial charge in [-0.3, -0.25) is 0 Å². The highest BCUT2D eigenvalue weighted by Crippen LogP contribution is 2.35. The van der Waals surface area contributed by atoms with Crippen LogP contribution in [0.25, 0.3) is 21.9 Å². The maximum Gasteiger partial charge on any atom is 0.126 e. The summed E-state index contributed by atoms with van der Waals surface area (Å²) in [6.07, 6.45) is 0. The highest BCUT2D eigenvalue weighted by Gasteiger charge is 2.08. The lowest BCUT2D eigenvalue weighted by Crippen LogP contribution is -1.91. The van der Waals surface area contributed by atoms with Gasteiger partial charge in [0.1, 0.15) is 5.75 Å². The molecular weight excluding hydrogens is 246 g/mol. The molecule has 0 unspecified atom stereocenters. The van der Waals surface area contributed by atoms with Crippen molar-refractivity contribution in [3.05, 3.63) is 60.2 Å². The van der Waals surface area contributed by atoms with Gasteiger partial charge >= 0.3 is 0 Å². The molecule has 0 saturated heterocycles. The zero-order chi connectivity index (χ0) is 14.1. The van der Waals surface area contributed by atoms with Crippen molar-refractivity contribution < 1.29 is 4.74 Å². The van der Waals surface area contributed by atoms with E-state index in [9.17, 15) is 0 Å². The van der Waals surface area contributed by atoms with E-state index in [2.05, 4.69) is 36.4 Å². The number of hydrogen-bond acceptors (Lipinski definition) is 2. The molecule has 0 bridgehead atoms. The highest BCUT2D eigenvalue weighted by atomic mass is 16.5. The molecule has 0 saturated carbocycles. The maximum absolute atomic E-state index is 5.91. The highest BCUT2D eigenvalue weighted by molar-refractivity contribution is 6.00. The van der Waals surface area contributed by atoms with E-state index >= 15 is 0 Å². The molecule has 0 aromatic heterocycles. The fourth-order valence-corrected chi connectivity index (χ4v) is 2.54. The summed E-state index contributed by atoms with van der Waals surface area (Å²) < 4.78 is 5.44. The fraction of sp³-hybridized carbons (Fsp3) is 0.111. The van der Waals surface area contributed by atoms with E-state index in [1.165, 1.54) is 16.5 Å². The molecule has 0 atom stereocenters. The minimum atomic E-state index is 0.826. The summed E-state index contributed by atoms with van der Waals surface area (Å²) in [5.74, 6) is 0.900. The van der Waals surface area contributed by atoms with Crippen LogP contribution in [-0.2, 0) is 0 Å². The van der Waals surface area contributed by atoms with Gasteiger partial charge in [-0.25, -0.2) is 0 Å². The van der Waals surface area contributed by atoms with Gasteiger partial charge in [-0.1, -0.05) is 36.4 Å². The van der Waals surface area contributed by atoms with Gasteiger partial charge in [-0.2, -0.15) is 0 Å². The number of methoxy groups -OCH3 is 1. The summed E-state index contributed by atoms with van der Waals surface area (Å²) in [4.78, 5) is 0. The van der Waals surface area contributed by atoms with Gasteiger partial charge < -0.3 is 10.5 Å². The van der Waals surface area contributed by atoms with Crippen molar-refractivity contribution in [2.24, 2.45) is 0 Å². The van der Waals surface area contributed by atoms with Crippen LogP contribution in [0.1, 0.15) is 5.56 Å². The van der Waals surface area contributed by atoms with Crippen molar-refractivity contribution in [1.82, 2.24) is 0 Å². The number of anilines is 1. The topological polar surface area (TPSA) is 35.2 Å². The molecule has 2 heteroatoms. The Labute approximate surface area is 118 Å². The largest absolute Gasteiger partial charge is 0.496 e. The molecule has 100 valence electrons. The molecule has 0 aliphatic carbocycles. The van der Waals surface area contributed by atoms with Gasteiger partial charge in [0.05, 0.1) is 7.11 Å². The minimum Gasteiger partial charge on any atom is -0.496 e. The van der Waals surface area contributed by atoms with E-state index in [1.54, 1.807) is 7.11 Å². The smallest absolute Gasteiger partial charge is 0.126 e. The molecule has 0 fully saturated rings. The van der Waals surface area contributed by atoms with Crippen molar-refractivity contribution in [3.63, 3.8) is 0 Å². The SMILES string of the molecule is COc1ccc(-c2ccc(N)c(C)c2)c2ccccc12. The van der Waals surface area contributed by atoms with Crippen LogP contribution in [0.4, 0.5) is 5.69 Å². The van der Waals surface area contributed by atoms with Crippen LogP contribution in [0, 0.1) is 6.92 Å². The van der Waals surface area contributed by atoms with Gasteiger partial charge in [-0.05, 0) is 47.2 Å². The van der Waals surface area contributed by atoms with Crippen LogP contribution >= 0.6 is 0 Å². The monoisotopic (exact) mass is 263 g/mol. The first-order chi connectivity index (χ1) is 9.70. The molecular formula is C18H17NO. The van der Waals surface area contributed by atoms with E-state index in [1.807, 2.05) is 25.1 Å². The van der Waals surface area contributed by atoms with E-state index in [-0.39, 0.29) is 0 Å². The average Bonchev–Trinajstić information content (AvgIpc) is 2.49. The van der Waals surface area contributed by atoms with Crippen molar-refractivity contribution >= 4 is 16.5 Å². The van der Waals surface area contributed by atoms with Crippen LogP contribution in [0.15, 0.2) is 54.6 Å². The van der Waals surface area contributed by atoms with E-state index in [4.69, 9.17) is 10.5 Å². The molecule has 3 aromatic carbocycles. The number of benzene rings is 3. The Balaban J connectivity index is 2.29. The van der Waals surface area contributed by atoms with E-state index in [0.29, 0.717) is 0 Å². The van der Waals surface area contributed by atoms with Gasteiger partial charge in [0.2, 0.25) is 0 Å². The second-order valence-corrected chi connectivity index (χ2v) is 4.93. The Morgan fingerprint density at radius 3 is 2.35 bits per heavy atom. The Morgan fingerprint density at radius 2 is 1.65 bits per heavy atom. The minimum absolute atomic E-state index is 0.826. The molecule has 2 nitrogen and oxygen atoms in total. The summed E-state index contributed by atoms with van der Waals surface area (Å²) >= 11 is 0. The lowest BCUT2D eigenvalue weighted by atomic mass is 9.96. The molecule has 3 rings (SSSR count). The van der Waals surface area contributed by atoms with Crippen LogP contribution in [0.5, 0.6) is 5.75 Å². The van der Waals surface area contributed by atoms with E-state index < -0.39 is 0 Å². The summed E-state index contributed by atoms with van der Waals surface area (Å²) in [5.41, 5.74) is 10.2. The van der Waals surface area contributed by atoms with Crippen LogP contribution < -0.4 is 10.5 Å². The van der Waals surface area contributed by atoms with Gasteiger partial charge in [0.15, 0.2) is 0 Å². The molecule has 0 amide bonds. The first kappa shape index (κ1) is 12.5. The Hall–Kier alpha value is -2.48. The van der Waals surface area contributed by atoms with Crippen LogP contribution in [-0.4, -0.2) is 7.11 Å². The third kappa shape index (κ3) is 1.99. The predicted molar refractivity (Wildman–Crippen MR) is 85.1 cm³/mol. The van der Waals surface area contributed by atoms with Crippen molar-refractivity contribution in [2.75, 3.05) is 12.8 Å². The zero-order valence-electron chi connectivity index (χ0n) is 11.7. The number of fused-ring (bicyclic) bond motifs is 1. The number of rotatable bonds is 2.